The Kier molecular flexibility index (Phi) is 9.39. The van der Waals surface area contributed by atoms with Crippen molar-refractivity contribution in [1.82, 2.24) is 4.57 Å². The van der Waals surface area contributed by atoms with E-state index in [9.17, 15) is 19.2 Å². The van der Waals surface area contributed by atoms with E-state index in [4.69, 9.17) is 15.2 Å². The van der Waals surface area contributed by atoms with Crippen molar-refractivity contribution in [1.29, 1.82) is 0 Å². The van der Waals surface area contributed by atoms with Gasteiger partial charge in [-0.1, -0.05) is 13.8 Å². The number of carbonyl (C=O) groups is 4. The third-order valence-electron chi connectivity index (χ3n) is 8.21. The number of nitrogens with one attached hydrogen (secondary N) is 1. The molecule has 3 N–H and O–H groups in total. The molecule has 2 aliphatic rings. The number of hydrogen-bond donors (Lipinski definition) is 2. The van der Waals surface area contributed by atoms with Crippen molar-refractivity contribution in [2.24, 2.45) is 11.1 Å². The average Bonchev–Trinajstić information content (AvgIpc) is 3.18. The quantitative estimate of drug-likeness (QED) is 0.309. The highest BCUT2D eigenvalue weighted by atomic mass is 16.6. The first-order chi connectivity index (χ1) is 20.0. The number of hydrogen-bond acceptors (Lipinski definition) is 7. The van der Waals surface area contributed by atoms with E-state index in [2.05, 4.69) is 23.7 Å². The minimum absolute atomic E-state index is 0.0212. The number of likely N-dealkylation sites (N-methyl/N-ethyl adjacent to an activating group) is 1. The first-order valence-corrected chi connectivity index (χ1v) is 15.1. The fraction of sp³-hybridized carbons (Fsp3) is 0.576. The summed E-state index contributed by atoms with van der Waals surface area (Å²) in [6.07, 6.45) is 3.40. The zero-order valence-electron chi connectivity index (χ0n) is 26.6. The lowest BCUT2D eigenvalue weighted by Crippen LogP contribution is -2.44. The van der Waals surface area contributed by atoms with Gasteiger partial charge in [0.2, 0.25) is 0 Å². The number of anilines is 1. The van der Waals surface area contributed by atoms with E-state index in [-0.39, 0.29) is 35.7 Å². The monoisotopic (exact) mass is 595 g/mol. The number of aryl methyl sites for hydroxylation is 1. The van der Waals surface area contributed by atoms with Gasteiger partial charge < -0.3 is 29.6 Å². The summed E-state index contributed by atoms with van der Waals surface area (Å²) in [5.41, 5.74) is 10.3. The van der Waals surface area contributed by atoms with Crippen molar-refractivity contribution in [3.05, 3.63) is 46.8 Å². The van der Waals surface area contributed by atoms with Crippen LogP contribution in [0.3, 0.4) is 0 Å². The lowest BCUT2D eigenvalue weighted by Gasteiger charge is -2.31. The number of amides is 1. The van der Waals surface area contributed by atoms with Gasteiger partial charge in [0, 0.05) is 47.7 Å². The van der Waals surface area contributed by atoms with Crippen LogP contribution in [0.2, 0.25) is 0 Å². The lowest BCUT2D eigenvalue weighted by molar-refractivity contribution is -0.873. The third-order valence-corrected chi connectivity index (χ3v) is 8.21. The molecule has 0 radical (unpaired) electrons. The molecule has 1 amide bonds. The number of fused-ring (bicyclic) bond motifs is 1. The van der Waals surface area contributed by atoms with E-state index in [1.807, 2.05) is 46.3 Å². The number of ketones is 1. The van der Waals surface area contributed by atoms with Gasteiger partial charge in [-0.3, -0.25) is 19.2 Å². The number of rotatable bonds is 10. The molecular weight excluding hydrogens is 548 g/mol. The number of quaternary nitrogens is 1. The molecule has 1 aromatic carbocycles. The number of Topliss-reactive ketones (excluding diaryl/α,β-unsaturated/α-hetero) is 1. The summed E-state index contributed by atoms with van der Waals surface area (Å²) in [6.45, 7) is 8.07. The molecule has 1 heterocycles. The van der Waals surface area contributed by atoms with Crippen molar-refractivity contribution < 1.29 is 33.1 Å². The topological polar surface area (TPSA) is 130 Å². The molecule has 1 aromatic heterocycles. The number of ether oxygens (including phenoxy) is 2. The molecule has 10 heteroatoms. The van der Waals surface area contributed by atoms with E-state index < -0.39 is 18.0 Å². The molecule has 0 saturated heterocycles. The Morgan fingerprint density at radius 3 is 2.37 bits per heavy atom. The van der Waals surface area contributed by atoms with Gasteiger partial charge in [-0.2, -0.15) is 0 Å². The third kappa shape index (κ3) is 8.25. The van der Waals surface area contributed by atoms with Crippen molar-refractivity contribution >= 4 is 29.3 Å². The molecular formula is C33H47N4O6+. The summed E-state index contributed by atoms with van der Waals surface area (Å²) < 4.78 is 13.8. The predicted molar refractivity (Wildman–Crippen MR) is 164 cm³/mol. The van der Waals surface area contributed by atoms with E-state index in [0.29, 0.717) is 41.5 Å². The number of primary amides is 1. The minimum Gasteiger partial charge on any atom is -0.462 e. The Morgan fingerprint density at radius 2 is 1.77 bits per heavy atom. The van der Waals surface area contributed by atoms with Crippen LogP contribution < -0.4 is 11.1 Å². The molecule has 43 heavy (non-hydrogen) atoms. The number of nitrogens with zero attached hydrogens (tertiary/aromatic N) is 2. The summed E-state index contributed by atoms with van der Waals surface area (Å²) in [5, 5.41) is 3.53. The average molecular weight is 596 g/mol. The number of carbonyl (C=O) groups excluding carboxylic acids is 4. The van der Waals surface area contributed by atoms with E-state index in [0.717, 1.165) is 41.9 Å². The largest absolute Gasteiger partial charge is 0.462 e. The number of aromatic nitrogens is 1. The molecule has 0 bridgehead atoms. The maximum absolute atomic E-state index is 12.9. The van der Waals surface area contributed by atoms with Crippen LogP contribution in [0.15, 0.2) is 24.3 Å². The van der Waals surface area contributed by atoms with Crippen molar-refractivity contribution in [2.75, 3.05) is 33.0 Å². The van der Waals surface area contributed by atoms with Gasteiger partial charge >= 0.3 is 11.9 Å². The van der Waals surface area contributed by atoms with Gasteiger partial charge in [0.25, 0.3) is 5.91 Å². The highest BCUT2D eigenvalue weighted by Gasteiger charge is 2.34. The highest BCUT2D eigenvalue weighted by Crippen LogP contribution is 2.38. The standard InChI is InChI=1S/C33H46N4O6/c1-20-14-27-29(17-33(3,4)18-30(27)39)36(20)23-10-13-26(32(34)41)28(15-23)35-22-8-11-24(12-9-22)43-31(40)16-25(42-21(2)38)19-37(5,6)7/h10,13-15,22,24-25H,8-9,11-12,16-19H2,1-7H3,(H2-,34,35,41)/p+1. The van der Waals surface area contributed by atoms with Crippen LogP contribution in [0, 0.1) is 12.3 Å². The zero-order valence-corrected chi connectivity index (χ0v) is 26.6. The smallest absolute Gasteiger partial charge is 0.310 e. The molecule has 1 saturated carbocycles. The van der Waals surface area contributed by atoms with Crippen molar-refractivity contribution in [3.63, 3.8) is 0 Å². The Balaban J connectivity index is 1.43. The maximum Gasteiger partial charge on any atom is 0.310 e. The minimum atomic E-state index is -0.541. The molecule has 234 valence electrons. The van der Waals surface area contributed by atoms with Gasteiger partial charge in [0.15, 0.2) is 11.9 Å². The van der Waals surface area contributed by atoms with Gasteiger partial charge in [-0.05, 0) is 68.7 Å². The molecule has 1 fully saturated rings. The van der Waals surface area contributed by atoms with Gasteiger partial charge in [-0.15, -0.1) is 0 Å². The molecule has 1 atom stereocenters. The second-order valence-corrected chi connectivity index (χ2v) is 14.0. The van der Waals surface area contributed by atoms with E-state index in [1.165, 1.54) is 6.92 Å². The lowest BCUT2D eigenvalue weighted by atomic mass is 9.76. The normalized spacial score (nSPS) is 20.6. The summed E-state index contributed by atoms with van der Waals surface area (Å²) in [4.78, 5) is 49.5. The second-order valence-electron chi connectivity index (χ2n) is 14.0. The number of nitrogens with two attached hydrogens (primary N) is 1. The zero-order chi connectivity index (χ0) is 31.7. The van der Waals surface area contributed by atoms with Crippen LogP contribution >= 0.6 is 0 Å². The molecule has 2 aromatic rings. The Labute approximate surface area is 254 Å². The van der Waals surface area contributed by atoms with Crippen LogP contribution in [0.25, 0.3) is 5.69 Å². The van der Waals surface area contributed by atoms with Crippen LogP contribution in [-0.4, -0.2) is 78.6 Å². The highest BCUT2D eigenvalue weighted by molar-refractivity contribution is 6.00. The van der Waals surface area contributed by atoms with Gasteiger partial charge in [0.05, 0.1) is 33.1 Å². The Hall–Kier alpha value is -3.66. The molecule has 2 aliphatic carbocycles. The maximum atomic E-state index is 12.9. The summed E-state index contributed by atoms with van der Waals surface area (Å²) in [5.74, 6) is -1.14. The van der Waals surface area contributed by atoms with Crippen LogP contribution in [0.5, 0.6) is 0 Å². The van der Waals surface area contributed by atoms with Crippen LogP contribution in [0.1, 0.15) is 91.4 Å². The summed E-state index contributed by atoms with van der Waals surface area (Å²) >= 11 is 0. The van der Waals surface area contributed by atoms with Crippen molar-refractivity contribution in [3.8, 4) is 5.69 Å². The first-order valence-electron chi connectivity index (χ1n) is 15.1. The second kappa shape index (κ2) is 12.5. The van der Waals surface area contributed by atoms with Gasteiger partial charge in [0.1, 0.15) is 12.6 Å². The van der Waals surface area contributed by atoms with Gasteiger partial charge in [-0.25, -0.2) is 0 Å². The number of esters is 2. The molecule has 4 rings (SSSR count). The van der Waals surface area contributed by atoms with Crippen molar-refractivity contribution in [2.45, 2.75) is 90.9 Å². The molecule has 1 unspecified atom stereocenters. The number of benzene rings is 1. The molecule has 0 spiro atoms. The van der Waals surface area contributed by atoms with Crippen LogP contribution in [-0.2, 0) is 25.5 Å². The fourth-order valence-corrected chi connectivity index (χ4v) is 6.47. The first kappa shape index (κ1) is 32.3. The SMILES string of the molecule is CC(=O)OC(CC(=O)OC1CCC(Nc2cc(-n3c(C)cc4c3CC(C)(C)CC4=O)ccc2C(N)=O)CC1)C[N+](C)(C)C. The van der Waals surface area contributed by atoms with Crippen LogP contribution in [0.4, 0.5) is 5.69 Å². The molecule has 10 nitrogen and oxygen atoms in total. The summed E-state index contributed by atoms with van der Waals surface area (Å²) in [6, 6.07) is 7.58. The van der Waals surface area contributed by atoms with E-state index in [1.54, 1.807) is 6.07 Å². The molecule has 0 aliphatic heterocycles. The predicted octanol–water partition coefficient (Wildman–Crippen LogP) is 4.33. The fourth-order valence-electron chi connectivity index (χ4n) is 6.47. The Bertz CT molecular complexity index is 1390. The Morgan fingerprint density at radius 1 is 1.09 bits per heavy atom. The van der Waals surface area contributed by atoms with E-state index >= 15 is 0 Å². The summed E-state index contributed by atoms with van der Waals surface area (Å²) in [7, 11) is 5.93.